The molecular weight excluding hydrogens is 404 g/mol. The van der Waals surface area contributed by atoms with Gasteiger partial charge in [0.1, 0.15) is 6.54 Å². The van der Waals surface area contributed by atoms with E-state index >= 15 is 0 Å². The van der Waals surface area contributed by atoms with Crippen molar-refractivity contribution in [3.8, 4) is 0 Å². The zero-order valence-corrected chi connectivity index (χ0v) is 19.9. The fourth-order valence-corrected chi connectivity index (χ4v) is 5.66. The summed E-state index contributed by atoms with van der Waals surface area (Å²) in [7, 11) is -3.54. The summed E-state index contributed by atoms with van der Waals surface area (Å²) in [6.45, 7) is 6.71. The molecule has 1 amide bonds. The van der Waals surface area contributed by atoms with Crippen molar-refractivity contribution in [1.29, 1.82) is 0 Å². The lowest BCUT2D eigenvalue weighted by Gasteiger charge is -2.24. The topological polar surface area (TPSA) is 66.5 Å². The van der Waals surface area contributed by atoms with Gasteiger partial charge >= 0.3 is 0 Å². The number of thioether (sulfide) groups is 1. The summed E-state index contributed by atoms with van der Waals surface area (Å²) in [6.07, 6.45) is 8.72. The van der Waals surface area contributed by atoms with Crippen LogP contribution in [0.3, 0.4) is 0 Å². The smallest absolute Gasteiger partial charge is 0.240 e. The number of sulfonamides is 1. The highest BCUT2D eigenvalue weighted by molar-refractivity contribution is 7.99. The largest absolute Gasteiger partial charge is 0.354 e. The average molecular weight is 441 g/mol. The normalized spacial score (nSPS) is 15.9. The van der Waals surface area contributed by atoms with E-state index in [1.807, 2.05) is 23.9 Å². The quantitative estimate of drug-likeness (QED) is 0.581. The van der Waals surface area contributed by atoms with Gasteiger partial charge < -0.3 is 5.32 Å². The Kier molecular flexibility index (Phi) is 8.89. The molecule has 0 aromatic heterocycles. The molecule has 1 aliphatic rings. The zero-order valence-electron chi connectivity index (χ0n) is 18.2. The molecule has 5 nitrogen and oxygen atoms in total. The van der Waals surface area contributed by atoms with Gasteiger partial charge in [-0.05, 0) is 48.1 Å². The molecule has 1 fully saturated rings. The third-order valence-corrected chi connectivity index (χ3v) is 7.87. The molecule has 1 aromatic rings. The number of benzene rings is 1. The van der Waals surface area contributed by atoms with Gasteiger partial charge in [-0.3, -0.25) is 9.10 Å². The van der Waals surface area contributed by atoms with Crippen LogP contribution in [0.15, 0.2) is 24.3 Å². The van der Waals surface area contributed by atoms with Crippen LogP contribution in [0, 0.1) is 0 Å². The number of nitrogens with zero attached hydrogens (tertiary/aromatic N) is 1. The monoisotopic (exact) mass is 440 g/mol. The molecular formula is C22H36N2O3S2. The molecule has 0 spiro atoms. The van der Waals surface area contributed by atoms with Crippen molar-refractivity contribution in [1.82, 2.24) is 5.32 Å². The first-order chi connectivity index (χ1) is 13.6. The highest BCUT2D eigenvalue weighted by Crippen LogP contribution is 2.28. The molecule has 1 N–H and O–H groups in total. The number of carbonyl (C=O) groups is 1. The standard InChI is InChI=1S/C22H36N2O3S2/c1-22(2,3)18-11-13-19(14-12-18)24(29(4,26)27)17-21(25)23-15-8-16-28-20-9-6-5-7-10-20/h11-14,20H,5-10,15-17H2,1-4H3,(H,23,25). The van der Waals surface area contributed by atoms with Crippen LogP contribution in [0.25, 0.3) is 0 Å². The van der Waals surface area contributed by atoms with Crippen molar-refractivity contribution in [2.45, 2.75) is 70.0 Å². The van der Waals surface area contributed by atoms with E-state index in [9.17, 15) is 13.2 Å². The van der Waals surface area contributed by atoms with Crippen molar-refractivity contribution >= 4 is 33.4 Å². The van der Waals surface area contributed by atoms with E-state index in [-0.39, 0.29) is 17.9 Å². The number of anilines is 1. The minimum Gasteiger partial charge on any atom is -0.354 e. The fraction of sp³-hybridized carbons (Fsp3) is 0.682. The third kappa shape index (κ3) is 8.21. The Bertz CT molecular complexity index is 749. The number of nitrogens with one attached hydrogen (secondary N) is 1. The minimum absolute atomic E-state index is 0.0124. The summed E-state index contributed by atoms with van der Waals surface area (Å²) in [4.78, 5) is 12.3. The average Bonchev–Trinajstić information content (AvgIpc) is 2.65. The van der Waals surface area contributed by atoms with Crippen molar-refractivity contribution < 1.29 is 13.2 Å². The molecule has 0 aliphatic heterocycles. The predicted molar refractivity (Wildman–Crippen MR) is 124 cm³/mol. The second-order valence-corrected chi connectivity index (χ2v) is 12.2. The van der Waals surface area contributed by atoms with Gasteiger partial charge in [0.2, 0.25) is 15.9 Å². The Morgan fingerprint density at radius 2 is 1.76 bits per heavy atom. The van der Waals surface area contributed by atoms with Crippen LogP contribution >= 0.6 is 11.8 Å². The molecule has 164 valence electrons. The Balaban J connectivity index is 1.84. The Hall–Kier alpha value is -1.21. The van der Waals surface area contributed by atoms with E-state index in [1.165, 1.54) is 36.4 Å². The summed E-state index contributed by atoms with van der Waals surface area (Å²) < 4.78 is 25.7. The Morgan fingerprint density at radius 1 is 1.14 bits per heavy atom. The van der Waals surface area contributed by atoms with E-state index in [2.05, 4.69) is 26.1 Å². The number of hydrogen-bond acceptors (Lipinski definition) is 4. The fourth-order valence-electron chi connectivity index (χ4n) is 3.50. The first kappa shape index (κ1) is 24.1. The van der Waals surface area contributed by atoms with Crippen LogP contribution in [0.1, 0.15) is 64.9 Å². The first-order valence-corrected chi connectivity index (χ1v) is 13.4. The molecule has 0 radical (unpaired) electrons. The van der Waals surface area contributed by atoms with Gasteiger partial charge in [0.15, 0.2) is 0 Å². The van der Waals surface area contributed by atoms with Gasteiger partial charge in [-0.2, -0.15) is 11.8 Å². The van der Waals surface area contributed by atoms with Crippen molar-refractivity contribution in [2.75, 3.05) is 29.4 Å². The molecule has 0 heterocycles. The van der Waals surface area contributed by atoms with E-state index in [4.69, 9.17) is 0 Å². The van der Waals surface area contributed by atoms with Crippen LogP contribution < -0.4 is 9.62 Å². The second kappa shape index (κ2) is 10.7. The minimum atomic E-state index is -3.54. The van der Waals surface area contributed by atoms with Gasteiger partial charge in [0, 0.05) is 11.8 Å². The van der Waals surface area contributed by atoms with E-state index < -0.39 is 10.0 Å². The highest BCUT2D eigenvalue weighted by Gasteiger charge is 2.22. The SMILES string of the molecule is CC(C)(C)c1ccc(N(CC(=O)NCCCSC2CCCCC2)S(C)(=O)=O)cc1. The lowest BCUT2D eigenvalue weighted by atomic mass is 9.87. The molecule has 0 atom stereocenters. The van der Waals surface area contributed by atoms with E-state index in [1.54, 1.807) is 12.1 Å². The summed E-state index contributed by atoms with van der Waals surface area (Å²) in [5, 5.41) is 3.64. The number of amides is 1. The van der Waals surface area contributed by atoms with E-state index in [0.717, 1.165) is 29.2 Å². The molecule has 1 aromatic carbocycles. The molecule has 1 aliphatic carbocycles. The summed E-state index contributed by atoms with van der Waals surface area (Å²) >= 11 is 2.01. The molecule has 0 unspecified atom stereocenters. The molecule has 1 saturated carbocycles. The molecule has 7 heteroatoms. The van der Waals surface area contributed by atoms with Crippen LogP contribution in [0.2, 0.25) is 0 Å². The van der Waals surface area contributed by atoms with E-state index in [0.29, 0.717) is 12.2 Å². The van der Waals surface area contributed by atoms with Gasteiger partial charge in [-0.25, -0.2) is 8.42 Å². The van der Waals surface area contributed by atoms with Crippen LogP contribution in [-0.2, 0) is 20.2 Å². The van der Waals surface area contributed by atoms with Crippen molar-refractivity contribution in [3.05, 3.63) is 29.8 Å². The third-order valence-electron chi connectivity index (χ3n) is 5.26. The Morgan fingerprint density at radius 3 is 2.31 bits per heavy atom. The van der Waals surface area contributed by atoms with Gasteiger partial charge in [-0.1, -0.05) is 52.2 Å². The number of carbonyl (C=O) groups excluding carboxylic acids is 1. The summed E-state index contributed by atoms with van der Waals surface area (Å²) in [5.74, 6) is 0.771. The second-order valence-electron chi connectivity index (χ2n) is 8.90. The Labute approximate surface area is 181 Å². The zero-order chi connectivity index (χ0) is 21.5. The number of rotatable bonds is 9. The molecule has 2 rings (SSSR count). The summed E-state index contributed by atoms with van der Waals surface area (Å²) in [6, 6.07) is 7.40. The maximum Gasteiger partial charge on any atom is 0.240 e. The van der Waals surface area contributed by atoms with Crippen molar-refractivity contribution in [3.63, 3.8) is 0 Å². The van der Waals surface area contributed by atoms with Crippen LogP contribution in [0.5, 0.6) is 0 Å². The maximum atomic E-state index is 12.3. The van der Waals surface area contributed by atoms with Crippen molar-refractivity contribution in [2.24, 2.45) is 0 Å². The van der Waals surface area contributed by atoms with Gasteiger partial charge in [0.05, 0.1) is 11.9 Å². The van der Waals surface area contributed by atoms with Gasteiger partial charge in [0.25, 0.3) is 0 Å². The molecule has 0 saturated heterocycles. The summed E-state index contributed by atoms with van der Waals surface area (Å²) in [5.41, 5.74) is 1.62. The van der Waals surface area contributed by atoms with Gasteiger partial charge in [-0.15, -0.1) is 0 Å². The van der Waals surface area contributed by atoms with Crippen LogP contribution in [-0.4, -0.2) is 44.7 Å². The predicted octanol–water partition coefficient (Wildman–Crippen LogP) is 4.32. The molecule has 0 bridgehead atoms. The lowest BCUT2D eigenvalue weighted by Crippen LogP contribution is -2.40. The first-order valence-electron chi connectivity index (χ1n) is 10.5. The maximum absolute atomic E-state index is 12.3. The van der Waals surface area contributed by atoms with Crippen LogP contribution in [0.4, 0.5) is 5.69 Å². The number of hydrogen-bond donors (Lipinski definition) is 1. The molecule has 29 heavy (non-hydrogen) atoms. The highest BCUT2D eigenvalue weighted by atomic mass is 32.2. The lowest BCUT2D eigenvalue weighted by molar-refractivity contribution is -0.119.